The molecule has 17 heavy (non-hydrogen) atoms. The minimum atomic E-state index is -0.794. The van der Waals surface area contributed by atoms with E-state index in [1.54, 1.807) is 6.07 Å². The molecule has 1 aliphatic rings. The van der Waals surface area contributed by atoms with Crippen LogP contribution in [0.25, 0.3) is 0 Å². The van der Waals surface area contributed by atoms with Gasteiger partial charge in [-0.3, -0.25) is 0 Å². The van der Waals surface area contributed by atoms with Gasteiger partial charge in [-0.2, -0.15) is 0 Å². The quantitative estimate of drug-likeness (QED) is 0.796. The zero-order valence-corrected chi connectivity index (χ0v) is 9.97. The minimum absolute atomic E-state index is 0.323. The van der Waals surface area contributed by atoms with E-state index < -0.39 is 11.6 Å². The minimum Gasteiger partial charge on any atom is -0.312 e. The third-order valence-corrected chi connectivity index (χ3v) is 2.93. The summed E-state index contributed by atoms with van der Waals surface area (Å²) in [4.78, 5) is 0. The summed E-state index contributed by atoms with van der Waals surface area (Å²) in [7, 11) is 0. The maximum absolute atomic E-state index is 13.0. The van der Waals surface area contributed by atoms with Gasteiger partial charge < -0.3 is 10.6 Å². The Morgan fingerprint density at radius 2 is 2.06 bits per heavy atom. The fraction of sp³-hybridized carbons (Fsp3) is 0.538. The molecule has 1 aromatic rings. The van der Waals surface area contributed by atoms with Crippen LogP contribution in [0, 0.1) is 11.6 Å². The number of benzene rings is 1. The summed E-state index contributed by atoms with van der Waals surface area (Å²) in [5, 5.41) is 6.69. The Balaban J connectivity index is 1.73. The van der Waals surface area contributed by atoms with Crippen LogP contribution in [0.2, 0.25) is 0 Å². The zero-order chi connectivity index (χ0) is 12.3. The summed E-state index contributed by atoms with van der Waals surface area (Å²) in [5.74, 6) is -1.58. The van der Waals surface area contributed by atoms with E-state index in [9.17, 15) is 8.78 Å². The average molecular weight is 240 g/mol. The van der Waals surface area contributed by atoms with Crippen LogP contribution < -0.4 is 10.6 Å². The van der Waals surface area contributed by atoms with Crippen LogP contribution in [-0.2, 0) is 6.54 Å². The lowest BCUT2D eigenvalue weighted by Crippen LogP contribution is -2.36. The highest BCUT2D eigenvalue weighted by Gasteiger charge is 2.20. The molecule has 1 unspecified atom stereocenters. The fourth-order valence-electron chi connectivity index (χ4n) is 1.64. The molecule has 0 saturated heterocycles. The van der Waals surface area contributed by atoms with Gasteiger partial charge in [-0.05, 0) is 37.5 Å². The summed E-state index contributed by atoms with van der Waals surface area (Å²) < 4.78 is 25.7. The molecule has 0 aliphatic heterocycles. The first-order chi connectivity index (χ1) is 8.15. The van der Waals surface area contributed by atoms with E-state index in [1.807, 2.05) is 0 Å². The predicted octanol–water partition coefficient (Wildman–Crippen LogP) is 2.19. The third-order valence-electron chi connectivity index (χ3n) is 2.93. The van der Waals surface area contributed by atoms with Gasteiger partial charge in [0.05, 0.1) is 0 Å². The summed E-state index contributed by atoms with van der Waals surface area (Å²) in [5.41, 5.74) is 0.766. The molecule has 1 saturated carbocycles. The molecule has 1 atom stereocenters. The highest BCUT2D eigenvalue weighted by atomic mass is 19.2. The van der Waals surface area contributed by atoms with Gasteiger partial charge in [0.2, 0.25) is 0 Å². The molecule has 1 fully saturated rings. The zero-order valence-electron chi connectivity index (χ0n) is 9.97. The molecule has 0 spiro atoms. The van der Waals surface area contributed by atoms with Crippen molar-refractivity contribution < 1.29 is 8.78 Å². The highest BCUT2D eigenvalue weighted by molar-refractivity contribution is 5.17. The third kappa shape index (κ3) is 4.06. The molecule has 2 nitrogen and oxygen atoms in total. The van der Waals surface area contributed by atoms with Crippen molar-refractivity contribution in [2.45, 2.75) is 38.4 Å². The molecular formula is C13H18F2N2. The van der Waals surface area contributed by atoms with Crippen LogP contribution in [0.4, 0.5) is 8.78 Å². The van der Waals surface area contributed by atoms with E-state index in [1.165, 1.54) is 25.0 Å². The second kappa shape index (κ2) is 5.56. The molecular weight excluding hydrogens is 222 g/mol. The molecule has 0 bridgehead atoms. The Labute approximate surface area is 100 Å². The molecule has 4 heteroatoms. The lowest BCUT2D eigenvalue weighted by molar-refractivity contribution is 0.490. The molecule has 0 amide bonds. The van der Waals surface area contributed by atoms with Crippen LogP contribution in [0.15, 0.2) is 18.2 Å². The van der Waals surface area contributed by atoms with Crippen molar-refractivity contribution in [3.8, 4) is 0 Å². The van der Waals surface area contributed by atoms with Crippen LogP contribution in [0.5, 0.6) is 0 Å². The summed E-state index contributed by atoms with van der Waals surface area (Å²) in [6.45, 7) is 3.55. The second-order valence-electron chi connectivity index (χ2n) is 4.71. The SMILES string of the molecule is CC(CNC1CC1)NCc1ccc(F)c(F)c1. The summed E-state index contributed by atoms with van der Waals surface area (Å²) in [6, 6.07) is 5.03. The molecule has 0 radical (unpaired) electrons. The van der Waals surface area contributed by atoms with Gasteiger partial charge in [-0.25, -0.2) is 8.78 Å². The Bertz CT molecular complexity index is 378. The van der Waals surface area contributed by atoms with Crippen molar-refractivity contribution >= 4 is 0 Å². The highest BCUT2D eigenvalue weighted by Crippen LogP contribution is 2.18. The van der Waals surface area contributed by atoms with E-state index in [-0.39, 0.29) is 0 Å². The summed E-state index contributed by atoms with van der Waals surface area (Å²) >= 11 is 0. The van der Waals surface area contributed by atoms with Gasteiger partial charge in [-0.15, -0.1) is 0 Å². The lowest BCUT2D eigenvalue weighted by Gasteiger charge is -2.14. The van der Waals surface area contributed by atoms with E-state index in [2.05, 4.69) is 17.6 Å². The van der Waals surface area contributed by atoms with Gasteiger partial charge >= 0.3 is 0 Å². The van der Waals surface area contributed by atoms with Crippen LogP contribution in [0.1, 0.15) is 25.3 Å². The Hall–Kier alpha value is -1.00. The van der Waals surface area contributed by atoms with E-state index >= 15 is 0 Å². The first-order valence-corrected chi connectivity index (χ1v) is 6.06. The predicted molar refractivity (Wildman–Crippen MR) is 63.7 cm³/mol. The molecule has 94 valence electrons. The van der Waals surface area contributed by atoms with Crippen LogP contribution >= 0.6 is 0 Å². The maximum atomic E-state index is 13.0. The normalized spacial score (nSPS) is 17.1. The second-order valence-corrected chi connectivity index (χ2v) is 4.71. The van der Waals surface area contributed by atoms with Crippen LogP contribution in [0.3, 0.4) is 0 Å². The Kier molecular flexibility index (Phi) is 4.07. The standard InChI is InChI=1S/C13H18F2N2/c1-9(7-17-11-3-4-11)16-8-10-2-5-12(14)13(15)6-10/h2,5-6,9,11,16-17H,3-4,7-8H2,1H3. The number of hydrogen-bond donors (Lipinski definition) is 2. The first-order valence-electron chi connectivity index (χ1n) is 6.06. The topological polar surface area (TPSA) is 24.1 Å². The van der Waals surface area contributed by atoms with Crippen molar-refractivity contribution in [1.29, 1.82) is 0 Å². The molecule has 1 aliphatic carbocycles. The van der Waals surface area contributed by atoms with Gasteiger partial charge in [0.25, 0.3) is 0 Å². The lowest BCUT2D eigenvalue weighted by atomic mass is 10.2. The van der Waals surface area contributed by atoms with Crippen molar-refractivity contribution in [3.05, 3.63) is 35.4 Å². The van der Waals surface area contributed by atoms with E-state index in [0.29, 0.717) is 18.6 Å². The van der Waals surface area contributed by atoms with Gasteiger partial charge in [0.1, 0.15) is 0 Å². The van der Waals surface area contributed by atoms with Crippen LogP contribution in [-0.4, -0.2) is 18.6 Å². The molecule has 1 aromatic carbocycles. The number of hydrogen-bond acceptors (Lipinski definition) is 2. The fourth-order valence-corrected chi connectivity index (χ4v) is 1.64. The molecule has 2 rings (SSSR count). The van der Waals surface area contributed by atoms with Gasteiger partial charge in [0, 0.05) is 25.2 Å². The van der Waals surface area contributed by atoms with E-state index in [0.717, 1.165) is 12.1 Å². The largest absolute Gasteiger partial charge is 0.312 e. The van der Waals surface area contributed by atoms with Crippen molar-refractivity contribution in [1.82, 2.24) is 10.6 Å². The Morgan fingerprint density at radius 1 is 1.29 bits per heavy atom. The smallest absolute Gasteiger partial charge is 0.159 e. The Morgan fingerprint density at radius 3 is 2.71 bits per heavy atom. The van der Waals surface area contributed by atoms with E-state index in [4.69, 9.17) is 0 Å². The van der Waals surface area contributed by atoms with Crippen molar-refractivity contribution in [2.24, 2.45) is 0 Å². The van der Waals surface area contributed by atoms with Gasteiger partial charge in [-0.1, -0.05) is 6.07 Å². The molecule has 0 heterocycles. The van der Waals surface area contributed by atoms with Crippen molar-refractivity contribution in [3.63, 3.8) is 0 Å². The molecule has 2 N–H and O–H groups in total. The van der Waals surface area contributed by atoms with Crippen molar-refractivity contribution in [2.75, 3.05) is 6.54 Å². The first kappa shape index (κ1) is 12.5. The maximum Gasteiger partial charge on any atom is 0.159 e. The summed E-state index contributed by atoms with van der Waals surface area (Å²) in [6.07, 6.45) is 2.55. The number of halogens is 2. The molecule has 0 aromatic heterocycles. The number of nitrogens with one attached hydrogen (secondary N) is 2. The monoisotopic (exact) mass is 240 g/mol. The van der Waals surface area contributed by atoms with Gasteiger partial charge in [0.15, 0.2) is 11.6 Å². The number of rotatable bonds is 6. The average Bonchev–Trinajstić information content (AvgIpc) is 3.12.